The number of pyridine rings is 1. The van der Waals surface area contributed by atoms with Crippen LogP contribution in [-0.2, 0) is 13.6 Å². The molecule has 126 valence electrons. The molecule has 4 rings (SSSR count). The third-order valence-electron chi connectivity index (χ3n) is 5.12. The van der Waals surface area contributed by atoms with E-state index in [1.807, 2.05) is 18.7 Å². The van der Waals surface area contributed by atoms with Crippen LogP contribution in [0.15, 0.2) is 18.5 Å². The molecule has 0 aromatic carbocycles. The van der Waals surface area contributed by atoms with Crippen LogP contribution in [0.4, 0.5) is 0 Å². The number of hydrogen-bond donors (Lipinski definition) is 1. The monoisotopic (exact) mass is 324 g/mol. The summed E-state index contributed by atoms with van der Waals surface area (Å²) in [5, 5.41) is 5.64. The number of H-pyrrole nitrogens is 1. The number of rotatable bonds is 3. The molecule has 0 unspecified atom stereocenters. The first-order valence-electron chi connectivity index (χ1n) is 8.63. The van der Waals surface area contributed by atoms with Gasteiger partial charge < -0.3 is 4.98 Å². The number of imidazole rings is 1. The number of aromatic nitrogens is 5. The van der Waals surface area contributed by atoms with Crippen molar-refractivity contribution in [1.29, 1.82) is 0 Å². The van der Waals surface area contributed by atoms with Crippen molar-refractivity contribution in [3.05, 3.63) is 41.2 Å². The van der Waals surface area contributed by atoms with E-state index < -0.39 is 0 Å². The number of hydrogen-bond acceptors (Lipinski definition) is 4. The van der Waals surface area contributed by atoms with Gasteiger partial charge in [0.15, 0.2) is 5.65 Å². The summed E-state index contributed by atoms with van der Waals surface area (Å²) in [6, 6.07) is 4.36. The highest BCUT2D eigenvalue weighted by molar-refractivity contribution is 5.78. The van der Waals surface area contributed by atoms with Crippen LogP contribution in [0.1, 0.15) is 41.5 Å². The molecule has 24 heavy (non-hydrogen) atoms. The van der Waals surface area contributed by atoms with Crippen LogP contribution in [-0.4, -0.2) is 42.7 Å². The van der Waals surface area contributed by atoms with Crippen molar-refractivity contribution >= 4 is 11.0 Å². The van der Waals surface area contributed by atoms with E-state index in [0.717, 1.165) is 42.1 Å². The third-order valence-corrected chi connectivity index (χ3v) is 5.12. The zero-order valence-electron chi connectivity index (χ0n) is 14.6. The Labute approximate surface area is 141 Å². The van der Waals surface area contributed by atoms with Gasteiger partial charge in [-0.25, -0.2) is 9.97 Å². The number of aryl methyl sites for hydroxylation is 3. The molecule has 0 spiro atoms. The molecule has 1 aliphatic rings. The number of nitrogens with zero attached hydrogens (tertiary/aromatic N) is 5. The van der Waals surface area contributed by atoms with Gasteiger partial charge in [-0.05, 0) is 45.4 Å². The van der Waals surface area contributed by atoms with Gasteiger partial charge in [-0.3, -0.25) is 9.58 Å². The first-order valence-corrected chi connectivity index (χ1v) is 8.63. The molecular weight excluding hydrogens is 300 g/mol. The van der Waals surface area contributed by atoms with E-state index >= 15 is 0 Å². The quantitative estimate of drug-likeness (QED) is 0.804. The summed E-state index contributed by atoms with van der Waals surface area (Å²) in [5.74, 6) is 0.484. The smallest absolute Gasteiger partial charge is 0.158 e. The van der Waals surface area contributed by atoms with Gasteiger partial charge in [0.25, 0.3) is 0 Å². The Morgan fingerprint density at radius 1 is 1.29 bits per heavy atom. The standard InChI is InChI=1S/C18H24N6/c1-12-15-6-7-16(21-18(15)23(3)22-12)14-5-4-8-24(9-14)10-17-13(2)19-11-20-17/h6-7,11,14H,4-5,8-10H2,1-3H3,(H,19,20)/t14-/m1/s1. The fourth-order valence-electron chi connectivity index (χ4n) is 3.74. The minimum absolute atomic E-state index is 0.484. The van der Waals surface area contributed by atoms with Crippen molar-refractivity contribution in [2.75, 3.05) is 13.1 Å². The highest BCUT2D eigenvalue weighted by atomic mass is 15.3. The number of nitrogens with one attached hydrogen (secondary N) is 1. The Morgan fingerprint density at radius 2 is 2.17 bits per heavy atom. The second-order valence-corrected chi connectivity index (χ2v) is 6.86. The molecule has 0 amide bonds. The van der Waals surface area contributed by atoms with E-state index in [4.69, 9.17) is 4.98 Å². The summed E-state index contributed by atoms with van der Waals surface area (Å²) in [6.45, 7) is 7.22. The molecule has 6 heteroatoms. The topological polar surface area (TPSA) is 62.6 Å². The van der Waals surface area contributed by atoms with Crippen molar-refractivity contribution in [2.45, 2.75) is 39.2 Å². The predicted octanol–water partition coefficient (Wildman–Crippen LogP) is 2.69. The Balaban J connectivity index is 1.55. The van der Waals surface area contributed by atoms with Crippen molar-refractivity contribution < 1.29 is 0 Å². The Morgan fingerprint density at radius 3 is 2.96 bits per heavy atom. The first kappa shape index (κ1) is 15.3. The van der Waals surface area contributed by atoms with E-state index in [1.165, 1.54) is 24.2 Å². The van der Waals surface area contributed by atoms with Crippen molar-refractivity contribution in [3.8, 4) is 0 Å². The minimum atomic E-state index is 0.484. The summed E-state index contributed by atoms with van der Waals surface area (Å²) in [5.41, 5.74) is 5.55. The van der Waals surface area contributed by atoms with Crippen LogP contribution in [0.2, 0.25) is 0 Å². The second kappa shape index (κ2) is 6.02. The van der Waals surface area contributed by atoms with E-state index in [1.54, 1.807) is 6.33 Å². The van der Waals surface area contributed by atoms with Crippen molar-refractivity contribution in [2.24, 2.45) is 7.05 Å². The molecule has 6 nitrogen and oxygen atoms in total. The molecule has 1 N–H and O–H groups in total. The Hall–Kier alpha value is -2.21. The molecule has 0 saturated carbocycles. The average Bonchev–Trinajstić information content (AvgIpc) is 3.11. The zero-order chi connectivity index (χ0) is 16.7. The zero-order valence-corrected chi connectivity index (χ0v) is 14.6. The molecule has 0 aliphatic carbocycles. The van der Waals surface area contributed by atoms with Crippen LogP contribution < -0.4 is 0 Å². The molecule has 1 atom stereocenters. The van der Waals surface area contributed by atoms with Gasteiger partial charge in [-0.1, -0.05) is 0 Å². The first-order chi connectivity index (χ1) is 11.6. The van der Waals surface area contributed by atoms with Gasteiger partial charge in [0, 0.05) is 42.8 Å². The predicted molar refractivity (Wildman–Crippen MR) is 93.8 cm³/mol. The molecule has 1 saturated heterocycles. The van der Waals surface area contributed by atoms with Crippen LogP contribution in [0.25, 0.3) is 11.0 Å². The maximum atomic E-state index is 4.92. The van der Waals surface area contributed by atoms with Gasteiger partial charge in [0.2, 0.25) is 0 Å². The van der Waals surface area contributed by atoms with E-state index in [0.29, 0.717) is 5.92 Å². The molecule has 0 bridgehead atoms. The average molecular weight is 324 g/mol. The van der Waals surface area contributed by atoms with Crippen molar-refractivity contribution in [1.82, 2.24) is 29.6 Å². The number of aromatic amines is 1. The molecule has 3 aromatic heterocycles. The Kier molecular flexibility index (Phi) is 3.84. The van der Waals surface area contributed by atoms with Crippen LogP contribution in [0, 0.1) is 13.8 Å². The lowest BCUT2D eigenvalue weighted by molar-refractivity contribution is 0.196. The van der Waals surface area contributed by atoms with Crippen LogP contribution >= 0.6 is 0 Å². The third kappa shape index (κ3) is 2.71. The summed E-state index contributed by atoms with van der Waals surface area (Å²) in [4.78, 5) is 15.0. The minimum Gasteiger partial charge on any atom is -0.348 e. The molecule has 4 heterocycles. The Bertz CT molecular complexity index is 862. The maximum absolute atomic E-state index is 4.92. The fraction of sp³-hybridized carbons (Fsp3) is 0.500. The van der Waals surface area contributed by atoms with Gasteiger partial charge >= 0.3 is 0 Å². The lowest BCUT2D eigenvalue weighted by Gasteiger charge is -2.32. The number of likely N-dealkylation sites (tertiary alicyclic amines) is 1. The normalized spacial score (nSPS) is 19.2. The maximum Gasteiger partial charge on any atom is 0.158 e. The van der Waals surface area contributed by atoms with Crippen LogP contribution in [0.3, 0.4) is 0 Å². The molecular formula is C18H24N6. The molecule has 3 aromatic rings. The summed E-state index contributed by atoms with van der Waals surface area (Å²) >= 11 is 0. The summed E-state index contributed by atoms with van der Waals surface area (Å²) < 4.78 is 1.89. The fourth-order valence-corrected chi connectivity index (χ4v) is 3.74. The largest absolute Gasteiger partial charge is 0.348 e. The highest BCUT2D eigenvalue weighted by Crippen LogP contribution is 2.28. The van der Waals surface area contributed by atoms with E-state index in [9.17, 15) is 0 Å². The van der Waals surface area contributed by atoms with E-state index in [2.05, 4.69) is 39.0 Å². The number of piperidine rings is 1. The molecule has 0 radical (unpaired) electrons. The number of fused-ring (bicyclic) bond motifs is 1. The molecule has 1 aliphatic heterocycles. The summed E-state index contributed by atoms with van der Waals surface area (Å²) in [7, 11) is 1.97. The highest BCUT2D eigenvalue weighted by Gasteiger charge is 2.24. The van der Waals surface area contributed by atoms with Gasteiger partial charge in [-0.2, -0.15) is 5.10 Å². The molecule has 1 fully saturated rings. The van der Waals surface area contributed by atoms with Crippen molar-refractivity contribution in [3.63, 3.8) is 0 Å². The summed E-state index contributed by atoms with van der Waals surface area (Å²) in [6.07, 6.45) is 4.19. The van der Waals surface area contributed by atoms with Gasteiger partial charge in [-0.15, -0.1) is 0 Å². The second-order valence-electron chi connectivity index (χ2n) is 6.86. The lowest BCUT2D eigenvalue weighted by Crippen LogP contribution is -2.34. The van der Waals surface area contributed by atoms with Gasteiger partial charge in [0.05, 0.1) is 17.7 Å². The van der Waals surface area contributed by atoms with Crippen LogP contribution in [0.5, 0.6) is 0 Å². The van der Waals surface area contributed by atoms with Gasteiger partial charge in [0.1, 0.15) is 0 Å². The lowest BCUT2D eigenvalue weighted by atomic mass is 9.94. The van der Waals surface area contributed by atoms with E-state index in [-0.39, 0.29) is 0 Å². The SMILES string of the molecule is Cc1[nH]cnc1CN1CCC[C@@H](c2ccc3c(C)nn(C)c3n2)C1.